The summed E-state index contributed by atoms with van der Waals surface area (Å²) in [6.07, 6.45) is -4.14. The van der Waals surface area contributed by atoms with Crippen molar-refractivity contribution in [2.75, 3.05) is 6.61 Å². The number of benzene rings is 1. The van der Waals surface area contributed by atoms with Crippen LogP contribution < -0.4 is 14.2 Å². The standard InChI is InChI=1S/C13H10F3N3O5/c14-13(15,16)24-9-3-1-8(2-4-9)22-7-10-6-18-11(19(20)21)5-17-12(18)23-10/h1-5,10H,6-7H2/t10-/m1/s1. The van der Waals surface area contributed by atoms with Gasteiger partial charge in [0.15, 0.2) is 6.10 Å². The zero-order valence-electron chi connectivity index (χ0n) is 11.9. The van der Waals surface area contributed by atoms with Crippen LogP contribution in [0, 0.1) is 10.1 Å². The molecule has 0 unspecified atom stereocenters. The van der Waals surface area contributed by atoms with Crippen LogP contribution in [0.2, 0.25) is 0 Å². The minimum atomic E-state index is -4.75. The largest absolute Gasteiger partial charge is 0.573 e. The lowest BCUT2D eigenvalue weighted by molar-refractivity contribution is -0.392. The third kappa shape index (κ3) is 3.50. The van der Waals surface area contributed by atoms with E-state index >= 15 is 0 Å². The van der Waals surface area contributed by atoms with E-state index < -0.39 is 17.4 Å². The molecule has 1 aliphatic rings. The average Bonchev–Trinajstić information content (AvgIpc) is 3.04. The molecule has 2 aromatic rings. The van der Waals surface area contributed by atoms with E-state index in [4.69, 9.17) is 9.47 Å². The Labute approximate surface area is 132 Å². The maximum absolute atomic E-state index is 12.1. The van der Waals surface area contributed by atoms with E-state index in [-0.39, 0.29) is 30.7 Å². The van der Waals surface area contributed by atoms with Gasteiger partial charge in [-0.15, -0.1) is 13.2 Å². The van der Waals surface area contributed by atoms with Gasteiger partial charge in [-0.3, -0.25) is 0 Å². The second kappa shape index (κ2) is 5.91. The normalized spacial score (nSPS) is 16.4. The van der Waals surface area contributed by atoms with E-state index in [1.165, 1.54) is 16.7 Å². The van der Waals surface area contributed by atoms with Gasteiger partial charge in [-0.25, -0.2) is 0 Å². The number of halogens is 3. The number of ether oxygens (including phenoxy) is 3. The molecule has 0 saturated heterocycles. The number of fused-ring (bicyclic) bond motifs is 1. The van der Waals surface area contributed by atoms with Crippen molar-refractivity contribution in [3.05, 3.63) is 40.6 Å². The van der Waals surface area contributed by atoms with Crippen molar-refractivity contribution in [1.29, 1.82) is 0 Å². The molecular formula is C13H10F3N3O5. The lowest BCUT2D eigenvalue weighted by Gasteiger charge is -2.12. The number of alkyl halides is 3. The summed E-state index contributed by atoms with van der Waals surface area (Å²) in [5.41, 5.74) is 0. The average molecular weight is 345 g/mol. The van der Waals surface area contributed by atoms with Crippen molar-refractivity contribution in [2.24, 2.45) is 0 Å². The first-order valence-electron chi connectivity index (χ1n) is 6.67. The summed E-state index contributed by atoms with van der Waals surface area (Å²) in [5.74, 6) is -0.226. The number of hydrogen-bond donors (Lipinski definition) is 0. The Bertz CT molecular complexity index is 744. The Morgan fingerprint density at radius 1 is 1.33 bits per heavy atom. The van der Waals surface area contributed by atoms with E-state index in [0.29, 0.717) is 5.75 Å². The van der Waals surface area contributed by atoms with E-state index in [1.807, 2.05) is 0 Å². The van der Waals surface area contributed by atoms with Crippen molar-refractivity contribution in [1.82, 2.24) is 9.55 Å². The highest BCUT2D eigenvalue weighted by molar-refractivity contribution is 5.31. The van der Waals surface area contributed by atoms with Crippen LogP contribution in [0.25, 0.3) is 0 Å². The summed E-state index contributed by atoms with van der Waals surface area (Å²) in [6.45, 7) is 0.251. The topological polar surface area (TPSA) is 88.7 Å². The van der Waals surface area contributed by atoms with Crippen LogP contribution in [0.5, 0.6) is 17.5 Å². The molecule has 0 saturated carbocycles. The number of nitro groups is 1. The Morgan fingerprint density at radius 2 is 2.00 bits per heavy atom. The van der Waals surface area contributed by atoms with Crippen LogP contribution in [-0.4, -0.2) is 33.5 Å². The van der Waals surface area contributed by atoms with Gasteiger partial charge in [0.2, 0.25) is 0 Å². The lowest BCUT2D eigenvalue weighted by atomic mass is 10.3. The summed E-state index contributed by atoms with van der Waals surface area (Å²) in [5, 5.41) is 10.8. The number of hydrogen-bond acceptors (Lipinski definition) is 6. The maximum Gasteiger partial charge on any atom is 0.573 e. The molecule has 0 bridgehead atoms. The van der Waals surface area contributed by atoms with Crippen molar-refractivity contribution >= 4 is 5.82 Å². The number of rotatable bonds is 5. The maximum atomic E-state index is 12.1. The molecule has 0 aliphatic carbocycles. The summed E-state index contributed by atoms with van der Waals surface area (Å²) < 4.78 is 52.0. The van der Waals surface area contributed by atoms with Gasteiger partial charge in [0, 0.05) is 0 Å². The monoisotopic (exact) mass is 345 g/mol. The van der Waals surface area contributed by atoms with Crippen molar-refractivity contribution in [2.45, 2.75) is 19.0 Å². The second-order valence-corrected chi connectivity index (χ2v) is 4.84. The number of imidazole rings is 1. The molecule has 0 fully saturated rings. The molecular weight excluding hydrogens is 335 g/mol. The van der Waals surface area contributed by atoms with E-state index in [2.05, 4.69) is 9.72 Å². The number of aromatic nitrogens is 2. The highest BCUT2D eigenvalue weighted by atomic mass is 19.4. The van der Waals surface area contributed by atoms with Crippen LogP contribution in [0.4, 0.5) is 19.0 Å². The van der Waals surface area contributed by atoms with E-state index in [1.54, 1.807) is 0 Å². The van der Waals surface area contributed by atoms with Crippen LogP contribution in [0.3, 0.4) is 0 Å². The van der Waals surface area contributed by atoms with Gasteiger partial charge in [0.05, 0.1) is 0 Å². The van der Waals surface area contributed by atoms with E-state index in [9.17, 15) is 23.3 Å². The smallest absolute Gasteiger partial charge is 0.490 e. The summed E-state index contributed by atoms with van der Waals surface area (Å²) in [7, 11) is 0. The summed E-state index contributed by atoms with van der Waals surface area (Å²) >= 11 is 0. The molecule has 24 heavy (non-hydrogen) atoms. The predicted octanol–water partition coefficient (Wildman–Crippen LogP) is 2.53. The minimum absolute atomic E-state index is 0.0555. The Kier molecular flexibility index (Phi) is 3.91. The van der Waals surface area contributed by atoms with Crippen molar-refractivity contribution < 1.29 is 32.3 Å². The fraction of sp³-hybridized carbons (Fsp3) is 0.308. The molecule has 0 radical (unpaired) electrons. The third-order valence-electron chi connectivity index (χ3n) is 3.14. The van der Waals surface area contributed by atoms with Crippen LogP contribution >= 0.6 is 0 Å². The van der Waals surface area contributed by atoms with Gasteiger partial charge in [-0.1, -0.05) is 0 Å². The molecule has 1 aromatic carbocycles. The van der Waals surface area contributed by atoms with Gasteiger partial charge in [-0.2, -0.15) is 9.55 Å². The molecule has 1 atom stereocenters. The first-order chi connectivity index (χ1) is 11.3. The molecule has 0 amide bonds. The molecule has 11 heteroatoms. The van der Waals surface area contributed by atoms with Crippen molar-refractivity contribution in [3.8, 4) is 17.5 Å². The van der Waals surface area contributed by atoms with Crippen LogP contribution in [-0.2, 0) is 6.54 Å². The molecule has 128 valence electrons. The fourth-order valence-corrected chi connectivity index (χ4v) is 2.17. The molecule has 0 N–H and O–H groups in total. The SMILES string of the molecule is O=[N+]([O-])c1cnc2n1C[C@H](COc1ccc(OC(F)(F)F)cc1)O2. The molecule has 1 aromatic heterocycles. The van der Waals surface area contributed by atoms with Gasteiger partial charge >= 0.3 is 18.2 Å². The molecule has 3 rings (SSSR count). The second-order valence-electron chi connectivity index (χ2n) is 4.84. The minimum Gasteiger partial charge on any atom is -0.490 e. The predicted molar refractivity (Wildman–Crippen MR) is 71.9 cm³/mol. The third-order valence-corrected chi connectivity index (χ3v) is 3.14. The zero-order chi connectivity index (χ0) is 17.3. The van der Waals surface area contributed by atoms with Crippen LogP contribution in [0.15, 0.2) is 30.5 Å². The number of nitrogens with zero attached hydrogens (tertiary/aromatic N) is 3. The first-order valence-corrected chi connectivity index (χ1v) is 6.67. The molecule has 2 heterocycles. The Hall–Kier alpha value is -2.98. The van der Waals surface area contributed by atoms with Crippen molar-refractivity contribution in [3.63, 3.8) is 0 Å². The zero-order valence-corrected chi connectivity index (χ0v) is 11.9. The molecule has 1 aliphatic heterocycles. The first kappa shape index (κ1) is 15.9. The Balaban J connectivity index is 1.55. The van der Waals surface area contributed by atoms with Gasteiger partial charge in [0.25, 0.3) is 0 Å². The van der Waals surface area contributed by atoms with E-state index in [0.717, 1.165) is 18.3 Å². The highest BCUT2D eigenvalue weighted by Crippen LogP contribution is 2.28. The lowest BCUT2D eigenvalue weighted by Crippen LogP contribution is -2.23. The van der Waals surface area contributed by atoms with Gasteiger partial charge in [0.1, 0.15) is 30.8 Å². The molecule has 0 spiro atoms. The van der Waals surface area contributed by atoms with Gasteiger partial charge < -0.3 is 24.3 Å². The quantitative estimate of drug-likeness (QED) is 0.611. The summed E-state index contributed by atoms with van der Waals surface area (Å²) in [4.78, 5) is 14.0. The highest BCUT2D eigenvalue weighted by Gasteiger charge is 2.34. The van der Waals surface area contributed by atoms with Crippen LogP contribution in [0.1, 0.15) is 0 Å². The summed E-state index contributed by atoms with van der Waals surface area (Å²) in [6, 6.07) is 5.00. The fourth-order valence-electron chi connectivity index (χ4n) is 2.17. The Morgan fingerprint density at radius 3 is 2.62 bits per heavy atom. The van der Waals surface area contributed by atoms with Gasteiger partial charge in [-0.05, 0) is 29.2 Å². The molecule has 8 nitrogen and oxygen atoms in total.